The molecule has 0 bridgehead atoms. The molecule has 0 unspecified atom stereocenters. The zero-order valence-electron chi connectivity index (χ0n) is 14.2. The van der Waals surface area contributed by atoms with Crippen LogP contribution in [0.3, 0.4) is 0 Å². The number of thiophene rings is 1. The van der Waals surface area contributed by atoms with Gasteiger partial charge in [0, 0.05) is 21.0 Å². The molecule has 0 radical (unpaired) electrons. The summed E-state index contributed by atoms with van der Waals surface area (Å²) in [6, 6.07) is 15.4. The van der Waals surface area contributed by atoms with Crippen LogP contribution in [0, 0.1) is 6.92 Å². The van der Waals surface area contributed by atoms with E-state index in [1.54, 1.807) is 0 Å². The van der Waals surface area contributed by atoms with E-state index >= 15 is 0 Å². The number of carbonyl (C=O) groups excluding carboxylic acids is 1. The fraction of sp³-hybridized carbons (Fsp3) is 0.0500. The number of carbonyl (C=O) groups is 1. The number of nitrogens with one attached hydrogen (secondary N) is 1. The van der Waals surface area contributed by atoms with Crippen molar-refractivity contribution in [2.24, 2.45) is 5.10 Å². The van der Waals surface area contributed by atoms with E-state index in [4.69, 9.17) is 23.2 Å². The minimum Gasteiger partial charge on any atom is -0.266 e. The number of halogens is 2. The number of amides is 1. The fourth-order valence-corrected chi connectivity index (χ4v) is 4.33. The van der Waals surface area contributed by atoms with Crippen molar-refractivity contribution in [3.63, 3.8) is 0 Å². The topological polar surface area (TPSA) is 54.4 Å². The summed E-state index contributed by atoms with van der Waals surface area (Å²) in [6.07, 6.45) is 1.48. The SMILES string of the molecule is Cc1ccc2cc(/C=N/NC(=O)c3sc4ccccc4c3Cl)c(Cl)nc2c1. The highest BCUT2D eigenvalue weighted by atomic mass is 35.5. The van der Waals surface area contributed by atoms with Gasteiger partial charge in [-0.1, -0.05) is 53.5 Å². The Bertz CT molecular complexity index is 1220. The molecular formula is C20H13Cl2N3OS. The summed E-state index contributed by atoms with van der Waals surface area (Å²) in [5.74, 6) is -0.363. The lowest BCUT2D eigenvalue weighted by Gasteiger charge is -2.03. The van der Waals surface area contributed by atoms with Crippen molar-refractivity contribution in [2.75, 3.05) is 0 Å². The van der Waals surface area contributed by atoms with E-state index in [-0.39, 0.29) is 5.91 Å². The van der Waals surface area contributed by atoms with Crippen molar-refractivity contribution in [1.29, 1.82) is 0 Å². The van der Waals surface area contributed by atoms with Crippen molar-refractivity contribution in [3.8, 4) is 0 Å². The average molecular weight is 414 g/mol. The van der Waals surface area contributed by atoms with E-state index in [1.165, 1.54) is 17.6 Å². The van der Waals surface area contributed by atoms with Crippen LogP contribution in [0.15, 0.2) is 53.6 Å². The monoisotopic (exact) mass is 413 g/mol. The molecule has 134 valence electrons. The summed E-state index contributed by atoms with van der Waals surface area (Å²) in [5, 5.41) is 6.58. The molecule has 0 spiro atoms. The lowest BCUT2D eigenvalue weighted by Crippen LogP contribution is -2.16. The molecule has 2 aromatic heterocycles. The number of hydrazone groups is 1. The smallest absolute Gasteiger partial charge is 0.266 e. The molecule has 4 aromatic rings. The van der Waals surface area contributed by atoms with E-state index in [9.17, 15) is 4.79 Å². The van der Waals surface area contributed by atoms with Gasteiger partial charge in [0.1, 0.15) is 10.0 Å². The Morgan fingerprint density at radius 2 is 2.00 bits per heavy atom. The Morgan fingerprint density at radius 1 is 1.19 bits per heavy atom. The number of rotatable bonds is 3. The van der Waals surface area contributed by atoms with Gasteiger partial charge in [-0.15, -0.1) is 11.3 Å². The van der Waals surface area contributed by atoms with E-state index < -0.39 is 0 Å². The molecule has 0 aliphatic heterocycles. The third kappa shape index (κ3) is 3.54. The van der Waals surface area contributed by atoms with Crippen molar-refractivity contribution >= 4 is 67.6 Å². The van der Waals surface area contributed by atoms with Crippen LogP contribution in [0.2, 0.25) is 10.2 Å². The maximum Gasteiger partial charge on any atom is 0.283 e. The van der Waals surface area contributed by atoms with Crippen molar-refractivity contribution in [1.82, 2.24) is 10.4 Å². The zero-order chi connectivity index (χ0) is 19.0. The number of pyridine rings is 1. The standard InChI is InChI=1S/C20H13Cl2N3OS/c1-11-6-7-12-9-13(19(22)24-15(12)8-11)10-23-25-20(26)18-17(21)14-4-2-3-5-16(14)27-18/h2-10H,1H3,(H,25,26)/b23-10+. The van der Waals surface area contributed by atoms with Gasteiger partial charge < -0.3 is 0 Å². The van der Waals surface area contributed by atoms with Gasteiger partial charge in [-0.3, -0.25) is 4.79 Å². The first kappa shape index (κ1) is 17.9. The second-order valence-corrected chi connectivity index (χ2v) is 7.79. The van der Waals surface area contributed by atoms with Crippen molar-refractivity contribution in [2.45, 2.75) is 6.92 Å². The normalized spacial score (nSPS) is 11.5. The van der Waals surface area contributed by atoms with E-state index in [0.717, 1.165) is 26.6 Å². The molecule has 4 nitrogen and oxygen atoms in total. The highest BCUT2D eigenvalue weighted by molar-refractivity contribution is 7.21. The van der Waals surface area contributed by atoms with Crippen LogP contribution in [0.5, 0.6) is 0 Å². The first-order chi connectivity index (χ1) is 13.0. The predicted molar refractivity (Wildman–Crippen MR) is 113 cm³/mol. The van der Waals surface area contributed by atoms with Crippen LogP contribution in [-0.4, -0.2) is 17.1 Å². The van der Waals surface area contributed by atoms with Gasteiger partial charge in [0.15, 0.2) is 0 Å². The predicted octanol–water partition coefficient (Wildman–Crippen LogP) is 5.83. The van der Waals surface area contributed by atoms with Gasteiger partial charge in [0.25, 0.3) is 5.91 Å². The highest BCUT2D eigenvalue weighted by Crippen LogP contribution is 2.34. The van der Waals surface area contributed by atoms with E-state index in [0.29, 0.717) is 20.6 Å². The Balaban J connectivity index is 1.57. The van der Waals surface area contributed by atoms with Crippen LogP contribution >= 0.6 is 34.5 Å². The van der Waals surface area contributed by atoms with Crippen LogP contribution in [0.4, 0.5) is 0 Å². The van der Waals surface area contributed by atoms with Crippen LogP contribution in [0.1, 0.15) is 20.8 Å². The summed E-state index contributed by atoms with van der Waals surface area (Å²) in [6.45, 7) is 2.00. The largest absolute Gasteiger partial charge is 0.283 e. The molecule has 7 heteroatoms. The highest BCUT2D eigenvalue weighted by Gasteiger charge is 2.16. The third-order valence-corrected chi connectivity index (χ3v) is 6.04. The zero-order valence-corrected chi connectivity index (χ0v) is 16.5. The van der Waals surface area contributed by atoms with Crippen LogP contribution in [-0.2, 0) is 0 Å². The first-order valence-electron chi connectivity index (χ1n) is 8.10. The van der Waals surface area contributed by atoms with Gasteiger partial charge in [-0.2, -0.15) is 5.10 Å². The lowest BCUT2D eigenvalue weighted by molar-refractivity contribution is 0.0959. The van der Waals surface area contributed by atoms with Crippen LogP contribution in [0.25, 0.3) is 21.0 Å². The van der Waals surface area contributed by atoms with Crippen molar-refractivity contribution in [3.05, 3.63) is 74.7 Å². The van der Waals surface area contributed by atoms with Crippen molar-refractivity contribution < 1.29 is 4.79 Å². The summed E-state index contributed by atoms with van der Waals surface area (Å²) in [4.78, 5) is 17.2. The average Bonchev–Trinajstić information content (AvgIpc) is 2.99. The molecule has 1 N–H and O–H groups in total. The number of aryl methyl sites for hydroxylation is 1. The van der Waals surface area contributed by atoms with Gasteiger partial charge in [-0.05, 0) is 30.7 Å². The Morgan fingerprint density at radius 3 is 2.81 bits per heavy atom. The molecule has 0 fully saturated rings. The number of benzene rings is 2. The Labute approximate surface area is 169 Å². The number of hydrogen-bond donors (Lipinski definition) is 1. The lowest BCUT2D eigenvalue weighted by atomic mass is 10.1. The Kier molecular flexibility index (Phi) is 4.83. The Hall–Kier alpha value is -2.47. The molecule has 0 aliphatic carbocycles. The number of nitrogens with zero attached hydrogens (tertiary/aromatic N) is 2. The second-order valence-electron chi connectivity index (χ2n) is 6.01. The first-order valence-corrected chi connectivity index (χ1v) is 9.67. The molecule has 2 heterocycles. The maximum absolute atomic E-state index is 12.4. The van der Waals surface area contributed by atoms with Gasteiger partial charge in [0.2, 0.25) is 0 Å². The molecular weight excluding hydrogens is 401 g/mol. The summed E-state index contributed by atoms with van der Waals surface area (Å²) < 4.78 is 0.952. The van der Waals surface area contributed by atoms with E-state index in [1.807, 2.05) is 55.5 Å². The quantitative estimate of drug-likeness (QED) is 0.261. The maximum atomic E-state index is 12.4. The third-order valence-electron chi connectivity index (χ3n) is 4.06. The van der Waals surface area contributed by atoms with Gasteiger partial charge in [0.05, 0.1) is 16.8 Å². The van der Waals surface area contributed by atoms with Gasteiger partial charge >= 0.3 is 0 Å². The molecule has 27 heavy (non-hydrogen) atoms. The molecule has 0 saturated heterocycles. The molecule has 0 aliphatic rings. The summed E-state index contributed by atoms with van der Waals surface area (Å²) in [5.41, 5.74) is 5.05. The second kappa shape index (κ2) is 7.27. The van der Waals surface area contributed by atoms with Gasteiger partial charge in [-0.25, -0.2) is 10.4 Å². The number of hydrogen-bond acceptors (Lipinski definition) is 4. The number of fused-ring (bicyclic) bond motifs is 2. The molecule has 4 rings (SSSR count). The fourth-order valence-electron chi connectivity index (χ4n) is 2.73. The van der Waals surface area contributed by atoms with E-state index in [2.05, 4.69) is 15.5 Å². The number of aromatic nitrogens is 1. The molecule has 2 aromatic carbocycles. The summed E-state index contributed by atoms with van der Waals surface area (Å²) in [7, 11) is 0. The summed E-state index contributed by atoms with van der Waals surface area (Å²) >= 11 is 13.9. The minimum atomic E-state index is -0.363. The molecule has 1 amide bonds. The molecule has 0 atom stereocenters. The van der Waals surface area contributed by atoms with Crippen LogP contribution < -0.4 is 5.43 Å². The molecule has 0 saturated carbocycles. The minimum absolute atomic E-state index is 0.325.